The van der Waals surface area contributed by atoms with Crippen LogP contribution in [-0.2, 0) is 11.3 Å². The van der Waals surface area contributed by atoms with Crippen molar-refractivity contribution in [1.82, 2.24) is 10.3 Å². The smallest absolute Gasteiger partial charge is 0.407 e. The second-order valence-corrected chi connectivity index (χ2v) is 8.66. The third kappa shape index (κ3) is 6.84. The molecule has 3 rings (SSSR count). The Morgan fingerprint density at radius 2 is 1.91 bits per heavy atom. The molecule has 0 saturated heterocycles. The first-order valence-corrected chi connectivity index (χ1v) is 11.2. The lowest BCUT2D eigenvalue weighted by atomic mass is 9.87. The van der Waals surface area contributed by atoms with Crippen molar-refractivity contribution in [3.8, 4) is 17.4 Å². The van der Waals surface area contributed by atoms with Crippen molar-refractivity contribution in [2.24, 2.45) is 5.41 Å². The van der Waals surface area contributed by atoms with Gasteiger partial charge in [0, 0.05) is 23.5 Å². The first-order chi connectivity index (χ1) is 16.7. The standard InChI is InChI=1S/C26H29N5O4/c1-5-23(26(3,4)15-27)35-25(33)29-13-18-7-6-8-19(12-18)30-24(32)31-20-9-10-21(17(2)11-20)22-14-28-16-34-22/h6-12,14,16,23H,5,13H2,1-4H3,(H,29,33)(H2,30,31,32). The minimum absolute atomic E-state index is 0.210. The van der Waals surface area contributed by atoms with E-state index < -0.39 is 23.6 Å². The largest absolute Gasteiger partial charge is 0.445 e. The summed E-state index contributed by atoms with van der Waals surface area (Å²) in [5.74, 6) is 0.659. The summed E-state index contributed by atoms with van der Waals surface area (Å²) in [7, 11) is 0. The van der Waals surface area contributed by atoms with Gasteiger partial charge in [0.05, 0.1) is 17.7 Å². The highest BCUT2D eigenvalue weighted by Gasteiger charge is 2.31. The summed E-state index contributed by atoms with van der Waals surface area (Å²) < 4.78 is 10.8. The number of ether oxygens (including phenoxy) is 1. The van der Waals surface area contributed by atoms with Gasteiger partial charge in [-0.1, -0.05) is 19.1 Å². The zero-order valence-corrected chi connectivity index (χ0v) is 20.2. The number of anilines is 2. The molecule has 182 valence electrons. The molecule has 1 heterocycles. The van der Waals surface area contributed by atoms with Gasteiger partial charge < -0.3 is 25.1 Å². The molecule has 1 unspecified atom stereocenters. The van der Waals surface area contributed by atoms with Gasteiger partial charge in [0.2, 0.25) is 0 Å². The van der Waals surface area contributed by atoms with Crippen molar-refractivity contribution in [1.29, 1.82) is 5.26 Å². The molecule has 0 aliphatic rings. The predicted octanol–water partition coefficient (Wildman–Crippen LogP) is 5.85. The average molecular weight is 476 g/mol. The van der Waals surface area contributed by atoms with E-state index in [1.54, 1.807) is 44.3 Å². The van der Waals surface area contributed by atoms with Crippen LogP contribution in [0.2, 0.25) is 0 Å². The van der Waals surface area contributed by atoms with E-state index in [-0.39, 0.29) is 6.54 Å². The fourth-order valence-electron chi connectivity index (χ4n) is 3.58. The molecule has 0 saturated carbocycles. The van der Waals surface area contributed by atoms with Crippen LogP contribution >= 0.6 is 0 Å². The molecule has 0 aliphatic carbocycles. The van der Waals surface area contributed by atoms with Gasteiger partial charge in [-0.2, -0.15) is 5.26 Å². The van der Waals surface area contributed by atoms with Crippen LogP contribution in [-0.4, -0.2) is 23.2 Å². The van der Waals surface area contributed by atoms with Crippen LogP contribution in [0.4, 0.5) is 21.0 Å². The maximum absolute atomic E-state index is 12.5. The highest BCUT2D eigenvalue weighted by atomic mass is 16.6. The summed E-state index contributed by atoms with van der Waals surface area (Å²) >= 11 is 0. The SMILES string of the molecule is CCC(OC(=O)NCc1cccc(NC(=O)Nc2ccc(-c3cnco3)c(C)c2)c1)C(C)(C)C#N. The van der Waals surface area contributed by atoms with Crippen LogP contribution in [0.3, 0.4) is 0 Å². The molecule has 0 fully saturated rings. The third-order valence-corrected chi connectivity index (χ3v) is 5.52. The Morgan fingerprint density at radius 1 is 1.17 bits per heavy atom. The maximum atomic E-state index is 12.5. The molecule has 1 atom stereocenters. The summed E-state index contributed by atoms with van der Waals surface area (Å²) in [6, 6.07) is 14.4. The molecule has 9 nitrogen and oxygen atoms in total. The number of oxazole rings is 1. The number of amides is 3. The number of carbonyl (C=O) groups excluding carboxylic acids is 2. The number of alkyl carbamates (subject to hydrolysis) is 1. The number of nitrogens with zero attached hydrogens (tertiary/aromatic N) is 2. The number of aromatic nitrogens is 1. The maximum Gasteiger partial charge on any atom is 0.407 e. The van der Waals surface area contributed by atoms with Gasteiger partial charge in [-0.3, -0.25) is 0 Å². The summed E-state index contributed by atoms with van der Waals surface area (Å²) in [6.45, 7) is 7.47. The Balaban J connectivity index is 1.54. The number of urea groups is 1. The van der Waals surface area contributed by atoms with E-state index in [4.69, 9.17) is 9.15 Å². The normalized spacial score (nSPS) is 11.7. The quantitative estimate of drug-likeness (QED) is 0.375. The lowest BCUT2D eigenvalue weighted by molar-refractivity contribution is 0.0446. The van der Waals surface area contributed by atoms with E-state index in [1.165, 1.54) is 6.39 Å². The van der Waals surface area contributed by atoms with Gasteiger partial charge in [0.25, 0.3) is 0 Å². The Kier molecular flexibility index (Phi) is 8.10. The average Bonchev–Trinajstić information content (AvgIpc) is 3.36. The Bertz CT molecular complexity index is 1210. The molecule has 0 radical (unpaired) electrons. The van der Waals surface area contributed by atoms with Gasteiger partial charge in [0.1, 0.15) is 6.10 Å². The van der Waals surface area contributed by atoms with Crippen LogP contribution in [0.1, 0.15) is 38.3 Å². The lowest BCUT2D eigenvalue weighted by Gasteiger charge is -2.26. The molecule has 3 aromatic rings. The van der Waals surface area contributed by atoms with Crippen molar-refractivity contribution < 1.29 is 18.7 Å². The summed E-state index contributed by atoms with van der Waals surface area (Å²) in [5.41, 5.74) is 3.03. The zero-order chi connectivity index (χ0) is 25.4. The number of nitriles is 1. The summed E-state index contributed by atoms with van der Waals surface area (Å²) in [6.07, 6.45) is 2.43. The number of rotatable bonds is 8. The van der Waals surface area contributed by atoms with E-state index in [0.29, 0.717) is 23.6 Å². The van der Waals surface area contributed by atoms with Crippen LogP contribution in [0.5, 0.6) is 0 Å². The fraction of sp³-hybridized carbons (Fsp3) is 0.308. The van der Waals surface area contributed by atoms with Gasteiger partial charge in [-0.15, -0.1) is 0 Å². The molecule has 2 aromatic carbocycles. The van der Waals surface area contributed by atoms with Crippen molar-refractivity contribution in [3.05, 3.63) is 66.2 Å². The highest BCUT2D eigenvalue weighted by molar-refractivity contribution is 6.00. The van der Waals surface area contributed by atoms with E-state index in [0.717, 1.165) is 16.7 Å². The number of benzene rings is 2. The molecule has 9 heteroatoms. The van der Waals surface area contributed by atoms with Crippen LogP contribution in [0, 0.1) is 23.7 Å². The molecule has 3 amide bonds. The number of nitrogens with one attached hydrogen (secondary N) is 3. The Morgan fingerprint density at radius 3 is 2.54 bits per heavy atom. The molecule has 0 aliphatic heterocycles. The molecule has 0 bridgehead atoms. The summed E-state index contributed by atoms with van der Waals surface area (Å²) in [5, 5.41) is 17.6. The van der Waals surface area contributed by atoms with Crippen molar-refractivity contribution >= 4 is 23.5 Å². The highest BCUT2D eigenvalue weighted by Crippen LogP contribution is 2.26. The molecule has 1 aromatic heterocycles. The van der Waals surface area contributed by atoms with E-state index in [1.807, 2.05) is 32.0 Å². The van der Waals surface area contributed by atoms with E-state index in [9.17, 15) is 14.9 Å². The van der Waals surface area contributed by atoms with Crippen LogP contribution in [0.15, 0.2) is 59.5 Å². The van der Waals surface area contributed by atoms with Gasteiger partial charge in [-0.05, 0) is 68.7 Å². The predicted molar refractivity (Wildman–Crippen MR) is 133 cm³/mol. The minimum atomic E-state index is -0.780. The molecule has 35 heavy (non-hydrogen) atoms. The Hall–Kier alpha value is -4.32. The van der Waals surface area contributed by atoms with Gasteiger partial charge >= 0.3 is 12.1 Å². The third-order valence-electron chi connectivity index (χ3n) is 5.52. The van der Waals surface area contributed by atoms with E-state index >= 15 is 0 Å². The second-order valence-electron chi connectivity index (χ2n) is 8.66. The molecule has 3 N–H and O–H groups in total. The number of carbonyl (C=O) groups is 2. The molecular formula is C26H29N5O4. The van der Waals surface area contributed by atoms with Gasteiger partial charge in [0.15, 0.2) is 12.2 Å². The van der Waals surface area contributed by atoms with Crippen molar-refractivity contribution in [2.75, 3.05) is 10.6 Å². The number of aryl methyl sites for hydroxylation is 1. The summed E-state index contributed by atoms with van der Waals surface area (Å²) in [4.78, 5) is 28.6. The second kappa shape index (κ2) is 11.2. The topological polar surface area (TPSA) is 129 Å². The number of hydrogen-bond donors (Lipinski definition) is 3. The fourth-order valence-corrected chi connectivity index (χ4v) is 3.58. The number of hydrogen-bond acceptors (Lipinski definition) is 6. The first kappa shape index (κ1) is 25.3. The monoisotopic (exact) mass is 475 g/mol. The Labute approximate surface area is 204 Å². The van der Waals surface area contributed by atoms with Crippen LogP contribution in [0.25, 0.3) is 11.3 Å². The van der Waals surface area contributed by atoms with E-state index in [2.05, 4.69) is 27.0 Å². The zero-order valence-electron chi connectivity index (χ0n) is 20.2. The van der Waals surface area contributed by atoms with Crippen molar-refractivity contribution in [2.45, 2.75) is 46.8 Å². The minimum Gasteiger partial charge on any atom is -0.445 e. The van der Waals surface area contributed by atoms with Crippen LogP contribution < -0.4 is 16.0 Å². The first-order valence-electron chi connectivity index (χ1n) is 11.2. The van der Waals surface area contributed by atoms with Crippen molar-refractivity contribution in [3.63, 3.8) is 0 Å². The van der Waals surface area contributed by atoms with Gasteiger partial charge in [-0.25, -0.2) is 14.6 Å². The lowest BCUT2D eigenvalue weighted by Crippen LogP contribution is -2.36. The molecular weight excluding hydrogens is 446 g/mol. The molecule has 0 spiro atoms.